The third kappa shape index (κ3) is 4.44. The number of rotatable bonds is 7. The highest BCUT2D eigenvalue weighted by Gasteiger charge is 2.22. The topological polar surface area (TPSA) is 72.0 Å². The minimum Gasteiger partial charge on any atom is -0.489 e. The molecule has 0 bridgehead atoms. The summed E-state index contributed by atoms with van der Waals surface area (Å²) in [5.74, 6) is 2.05. The van der Waals surface area contributed by atoms with Crippen LogP contribution in [0.4, 0.5) is 17.5 Å². The van der Waals surface area contributed by atoms with E-state index < -0.39 is 0 Å². The summed E-state index contributed by atoms with van der Waals surface area (Å²) < 4.78 is 5.79. The highest BCUT2D eigenvalue weighted by atomic mass is 16.5. The molecule has 4 rings (SSSR count). The van der Waals surface area contributed by atoms with E-state index in [-0.39, 0.29) is 0 Å². The molecule has 25 heavy (non-hydrogen) atoms. The van der Waals surface area contributed by atoms with Gasteiger partial charge in [0.25, 0.3) is 0 Å². The number of benzene rings is 2. The van der Waals surface area contributed by atoms with Crippen molar-refractivity contribution in [2.75, 3.05) is 10.6 Å². The molecule has 126 valence electrons. The van der Waals surface area contributed by atoms with Crippen LogP contribution in [-0.4, -0.2) is 21.2 Å². The molecule has 3 aromatic rings. The molecule has 0 aliphatic heterocycles. The van der Waals surface area contributed by atoms with Gasteiger partial charge in [0.2, 0.25) is 5.95 Å². The zero-order valence-corrected chi connectivity index (χ0v) is 13.7. The normalized spacial score (nSPS) is 13.3. The monoisotopic (exact) mass is 333 g/mol. The number of nitrogens with zero attached hydrogens (tertiary/aromatic N) is 3. The standard InChI is InChI=1S/C19H19N5O/c1-2-4-14(5-3-1)13-25-17-10-8-15(9-11-17)21-18-12-20-24-19(23-18)22-16-6-7-16/h1-5,8-12,16H,6-7,13H2,(H2,21,22,23,24). The molecule has 0 amide bonds. The summed E-state index contributed by atoms with van der Waals surface area (Å²) in [6, 6.07) is 18.4. The molecule has 6 heteroatoms. The van der Waals surface area contributed by atoms with Crippen molar-refractivity contribution in [1.82, 2.24) is 15.2 Å². The lowest BCUT2D eigenvalue weighted by atomic mass is 10.2. The van der Waals surface area contributed by atoms with Crippen LogP contribution in [0.15, 0.2) is 60.8 Å². The summed E-state index contributed by atoms with van der Waals surface area (Å²) in [5, 5.41) is 14.4. The van der Waals surface area contributed by atoms with Crippen LogP contribution in [0.5, 0.6) is 5.75 Å². The Kier molecular flexibility index (Phi) is 4.41. The average Bonchev–Trinajstić information content (AvgIpc) is 3.46. The fourth-order valence-electron chi connectivity index (χ4n) is 2.36. The molecule has 2 aromatic carbocycles. The van der Waals surface area contributed by atoms with Gasteiger partial charge in [0, 0.05) is 11.7 Å². The van der Waals surface area contributed by atoms with E-state index in [1.54, 1.807) is 6.20 Å². The van der Waals surface area contributed by atoms with Gasteiger partial charge in [-0.25, -0.2) is 0 Å². The van der Waals surface area contributed by atoms with Crippen LogP contribution in [0.3, 0.4) is 0 Å². The second kappa shape index (κ2) is 7.17. The van der Waals surface area contributed by atoms with Crippen LogP contribution in [0.25, 0.3) is 0 Å². The van der Waals surface area contributed by atoms with Crippen LogP contribution in [0.1, 0.15) is 18.4 Å². The molecular weight excluding hydrogens is 314 g/mol. The molecule has 1 aliphatic rings. The Morgan fingerprint density at radius 3 is 2.56 bits per heavy atom. The van der Waals surface area contributed by atoms with Gasteiger partial charge in [-0.05, 0) is 42.7 Å². The number of ether oxygens (including phenoxy) is 1. The summed E-state index contributed by atoms with van der Waals surface area (Å²) >= 11 is 0. The Bertz CT molecular complexity index is 819. The van der Waals surface area contributed by atoms with E-state index in [0.29, 0.717) is 24.4 Å². The van der Waals surface area contributed by atoms with E-state index in [0.717, 1.165) is 17.0 Å². The third-order valence-electron chi connectivity index (χ3n) is 3.84. The highest BCUT2D eigenvalue weighted by Crippen LogP contribution is 2.24. The summed E-state index contributed by atoms with van der Waals surface area (Å²) in [6.07, 6.45) is 3.95. The Morgan fingerprint density at radius 2 is 1.80 bits per heavy atom. The van der Waals surface area contributed by atoms with E-state index in [1.165, 1.54) is 12.8 Å². The molecule has 1 saturated carbocycles. The van der Waals surface area contributed by atoms with Crippen molar-refractivity contribution in [2.45, 2.75) is 25.5 Å². The SMILES string of the molecule is c1ccc(COc2ccc(Nc3cnnc(NC4CC4)n3)cc2)cc1. The predicted octanol–water partition coefficient (Wildman–Crippen LogP) is 3.77. The van der Waals surface area contributed by atoms with Gasteiger partial charge in [-0.15, -0.1) is 5.10 Å². The third-order valence-corrected chi connectivity index (χ3v) is 3.84. The van der Waals surface area contributed by atoms with Crippen LogP contribution in [0, 0.1) is 0 Å². The van der Waals surface area contributed by atoms with Crippen molar-refractivity contribution in [2.24, 2.45) is 0 Å². The van der Waals surface area contributed by atoms with Gasteiger partial charge in [-0.3, -0.25) is 0 Å². The van der Waals surface area contributed by atoms with E-state index in [1.807, 2.05) is 54.6 Å². The van der Waals surface area contributed by atoms with Gasteiger partial charge in [-0.2, -0.15) is 10.1 Å². The molecule has 1 aliphatic carbocycles. The minimum absolute atomic E-state index is 0.498. The first kappa shape index (κ1) is 15.4. The zero-order valence-electron chi connectivity index (χ0n) is 13.7. The van der Waals surface area contributed by atoms with Gasteiger partial charge >= 0.3 is 0 Å². The molecule has 0 saturated heterocycles. The van der Waals surface area contributed by atoms with Crippen molar-refractivity contribution in [1.29, 1.82) is 0 Å². The van der Waals surface area contributed by atoms with Gasteiger partial charge < -0.3 is 15.4 Å². The lowest BCUT2D eigenvalue weighted by Gasteiger charge is -2.09. The smallest absolute Gasteiger partial charge is 0.244 e. The number of aromatic nitrogens is 3. The Hall–Kier alpha value is -3.15. The molecular formula is C19H19N5O. The quantitative estimate of drug-likeness (QED) is 0.686. The molecule has 1 heterocycles. The van der Waals surface area contributed by atoms with E-state index >= 15 is 0 Å². The van der Waals surface area contributed by atoms with E-state index in [9.17, 15) is 0 Å². The zero-order chi connectivity index (χ0) is 16.9. The van der Waals surface area contributed by atoms with Crippen molar-refractivity contribution in [3.05, 3.63) is 66.4 Å². The van der Waals surface area contributed by atoms with Crippen LogP contribution in [0.2, 0.25) is 0 Å². The fraction of sp³-hybridized carbons (Fsp3) is 0.211. The molecule has 1 aromatic heterocycles. The second-order valence-electron chi connectivity index (χ2n) is 6.01. The van der Waals surface area contributed by atoms with Crippen molar-refractivity contribution in [3.8, 4) is 5.75 Å². The number of nitrogens with one attached hydrogen (secondary N) is 2. The van der Waals surface area contributed by atoms with Gasteiger partial charge in [0.1, 0.15) is 12.4 Å². The molecule has 0 atom stereocenters. The molecule has 1 fully saturated rings. The fourth-order valence-corrected chi connectivity index (χ4v) is 2.36. The number of hydrogen-bond acceptors (Lipinski definition) is 6. The second-order valence-corrected chi connectivity index (χ2v) is 6.01. The number of anilines is 3. The summed E-state index contributed by atoms with van der Waals surface area (Å²) in [7, 11) is 0. The molecule has 6 nitrogen and oxygen atoms in total. The summed E-state index contributed by atoms with van der Waals surface area (Å²) in [4.78, 5) is 4.42. The van der Waals surface area contributed by atoms with E-state index in [2.05, 4.69) is 25.8 Å². The average molecular weight is 333 g/mol. The predicted molar refractivity (Wildman–Crippen MR) is 97.0 cm³/mol. The lowest BCUT2D eigenvalue weighted by Crippen LogP contribution is -2.07. The first-order valence-electron chi connectivity index (χ1n) is 8.35. The van der Waals surface area contributed by atoms with Crippen LogP contribution >= 0.6 is 0 Å². The molecule has 0 unspecified atom stereocenters. The van der Waals surface area contributed by atoms with Crippen LogP contribution < -0.4 is 15.4 Å². The molecule has 0 spiro atoms. The molecule has 2 N–H and O–H groups in total. The summed E-state index contributed by atoms with van der Waals surface area (Å²) in [5.41, 5.74) is 2.07. The van der Waals surface area contributed by atoms with Crippen molar-refractivity contribution < 1.29 is 4.74 Å². The largest absolute Gasteiger partial charge is 0.489 e. The maximum atomic E-state index is 5.79. The highest BCUT2D eigenvalue weighted by molar-refractivity contribution is 5.57. The Balaban J connectivity index is 1.35. The van der Waals surface area contributed by atoms with Gasteiger partial charge in [0.05, 0.1) is 6.20 Å². The lowest BCUT2D eigenvalue weighted by molar-refractivity contribution is 0.306. The molecule has 0 radical (unpaired) electrons. The first-order valence-corrected chi connectivity index (χ1v) is 8.35. The van der Waals surface area contributed by atoms with Crippen molar-refractivity contribution >= 4 is 17.5 Å². The van der Waals surface area contributed by atoms with Gasteiger partial charge in [0.15, 0.2) is 5.82 Å². The number of hydrogen-bond donors (Lipinski definition) is 2. The maximum Gasteiger partial charge on any atom is 0.244 e. The van der Waals surface area contributed by atoms with E-state index in [4.69, 9.17) is 4.74 Å². The minimum atomic E-state index is 0.498. The Labute approximate surface area is 146 Å². The van der Waals surface area contributed by atoms with Gasteiger partial charge in [-0.1, -0.05) is 30.3 Å². The maximum absolute atomic E-state index is 5.79. The first-order chi connectivity index (χ1) is 12.3. The Morgan fingerprint density at radius 1 is 1.00 bits per heavy atom. The van der Waals surface area contributed by atoms with Crippen LogP contribution in [-0.2, 0) is 6.61 Å². The summed E-state index contributed by atoms with van der Waals surface area (Å²) in [6.45, 7) is 0.555. The van der Waals surface area contributed by atoms with Crippen molar-refractivity contribution in [3.63, 3.8) is 0 Å².